The molecule has 0 radical (unpaired) electrons. The van der Waals surface area contributed by atoms with Crippen molar-refractivity contribution in [2.24, 2.45) is 5.92 Å². The Hall–Kier alpha value is -2.24. The number of carbonyl (C=O) groups is 2. The van der Waals surface area contributed by atoms with E-state index in [1.807, 2.05) is 25.1 Å². The fourth-order valence-corrected chi connectivity index (χ4v) is 2.80. The number of likely N-dealkylation sites (tertiary alicyclic amines) is 1. The van der Waals surface area contributed by atoms with E-state index in [9.17, 15) is 9.59 Å². The van der Waals surface area contributed by atoms with Gasteiger partial charge in [0.1, 0.15) is 11.5 Å². The van der Waals surface area contributed by atoms with Crippen molar-refractivity contribution < 1.29 is 19.1 Å². The third-order valence-electron chi connectivity index (χ3n) is 4.15. The van der Waals surface area contributed by atoms with Gasteiger partial charge >= 0.3 is 0 Å². The lowest BCUT2D eigenvalue weighted by Gasteiger charge is -2.14. The maximum atomic E-state index is 12.2. The summed E-state index contributed by atoms with van der Waals surface area (Å²) in [6.07, 6.45) is 0.951. The number of hydrogen-bond donors (Lipinski definition) is 1. The number of nitrogens with zero attached hydrogens (tertiary/aromatic N) is 1. The van der Waals surface area contributed by atoms with Crippen LogP contribution in [-0.4, -0.2) is 50.6 Å². The van der Waals surface area contributed by atoms with Crippen LogP contribution in [0.5, 0.6) is 11.5 Å². The molecule has 0 saturated carbocycles. The van der Waals surface area contributed by atoms with Gasteiger partial charge in [-0.15, -0.1) is 0 Å². The molecule has 0 aliphatic carbocycles. The molecule has 1 aromatic rings. The van der Waals surface area contributed by atoms with Crippen molar-refractivity contribution in [2.45, 2.75) is 19.8 Å². The van der Waals surface area contributed by atoms with Crippen LogP contribution in [0, 0.1) is 5.92 Å². The third-order valence-corrected chi connectivity index (χ3v) is 4.15. The van der Waals surface area contributed by atoms with Crippen LogP contribution >= 0.6 is 0 Å². The molecule has 0 bridgehead atoms. The number of nitrogens with one attached hydrogen (secondary N) is 1. The van der Waals surface area contributed by atoms with E-state index in [2.05, 4.69) is 5.32 Å². The van der Waals surface area contributed by atoms with Gasteiger partial charge in [-0.2, -0.15) is 0 Å². The lowest BCUT2D eigenvalue weighted by Crippen LogP contribution is -2.34. The van der Waals surface area contributed by atoms with Gasteiger partial charge in [-0.3, -0.25) is 9.59 Å². The summed E-state index contributed by atoms with van der Waals surface area (Å²) in [7, 11) is 3.23. The summed E-state index contributed by atoms with van der Waals surface area (Å²) < 4.78 is 10.5. The second kappa shape index (κ2) is 7.85. The van der Waals surface area contributed by atoms with Gasteiger partial charge in [-0.25, -0.2) is 0 Å². The molecule has 1 aromatic carbocycles. The highest BCUT2D eigenvalue weighted by molar-refractivity contribution is 5.89. The molecule has 1 aliphatic rings. The lowest BCUT2D eigenvalue weighted by atomic mass is 10.1. The molecule has 1 N–H and O–H groups in total. The zero-order valence-electron chi connectivity index (χ0n) is 13.9. The van der Waals surface area contributed by atoms with Gasteiger partial charge in [0.05, 0.1) is 20.1 Å². The molecule has 1 fully saturated rings. The number of methoxy groups -OCH3 is 2. The highest BCUT2D eigenvalue weighted by atomic mass is 16.5. The van der Waals surface area contributed by atoms with Crippen LogP contribution in [-0.2, 0) is 16.0 Å². The molecule has 2 rings (SSSR count). The van der Waals surface area contributed by atoms with Crippen molar-refractivity contribution in [3.63, 3.8) is 0 Å². The van der Waals surface area contributed by atoms with Crippen LogP contribution in [0.15, 0.2) is 18.2 Å². The van der Waals surface area contributed by atoms with Crippen LogP contribution < -0.4 is 14.8 Å². The van der Waals surface area contributed by atoms with E-state index in [0.29, 0.717) is 32.5 Å². The molecule has 1 unspecified atom stereocenters. The summed E-state index contributed by atoms with van der Waals surface area (Å²) >= 11 is 0. The molecule has 6 nitrogen and oxygen atoms in total. The normalized spacial score (nSPS) is 17.3. The first-order valence-corrected chi connectivity index (χ1v) is 7.85. The molecule has 1 saturated heterocycles. The van der Waals surface area contributed by atoms with Crippen LogP contribution in [0.1, 0.15) is 18.9 Å². The largest absolute Gasteiger partial charge is 0.497 e. The molecular weight excluding hydrogens is 296 g/mol. The van der Waals surface area contributed by atoms with Gasteiger partial charge in [-0.05, 0) is 37.1 Å². The summed E-state index contributed by atoms with van der Waals surface area (Å²) in [5, 5.41) is 2.91. The second-order valence-electron chi connectivity index (χ2n) is 5.55. The Morgan fingerprint density at radius 1 is 1.35 bits per heavy atom. The first kappa shape index (κ1) is 17.1. The minimum absolute atomic E-state index is 0.0575. The third kappa shape index (κ3) is 4.15. The number of amides is 2. The highest BCUT2D eigenvalue weighted by Gasteiger charge is 2.33. The summed E-state index contributed by atoms with van der Waals surface area (Å²) in [5.74, 6) is 1.29. The van der Waals surface area contributed by atoms with Gasteiger partial charge in [0.25, 0.3) is 0 Å². The van der Waals surface area contributed by atoms with E-state index >= 15 is 0 Å². The van der Waals surface area contributed by atoms with E-state index in [4.69, 9.17) is 9.47 Å². The molecule has 2 amide bonds. The Morgan fingerprint density at radius 2 is 2.13 bits per heavy atom. The predicted molar refractivity (Wildman–Crippen MR) is 86.6 cm³/mol. The average molecular weight is 320 g/mol. The topological polar surface area (TPSA) is 67.9 Å². The summed E-state index contributed by atoms with van der Waals surface area (Å²) in [5.41, 5.74) is 0.977. The van der Waals surface area contributed by atoms with Crippen LogP contribution in [0.25, 0.3) is 0 Å². The molecule has 126 valence electrons. The lowest BCUT2D eigenvalue weighted by molar-refractivity contribution is -0.128. The SMILES string of the molecule is CCN1CC(C(=O)NCCc2cc(OC)ccc2OC)CC1=O. The van der Waals surface area contributed by atoms with Crippen LogP contribution in [0.2, 0.25) is 0 Å². The van der Waals surface area contributed by atoms with E-state index < -0.39 is 0 Å². The molecule has 6 heteroatoms. The minimum Gasteiger partial charge on any atom is -0.497 e. The maximum absolute atomic E-state index is 12.2. The zero-order chi connectivity index (χ0) is 16.8. The number of benzene rings is 1. The average Bonchev–Trinajstić information content (AvgIpc) is 2.95. The van der Waals surface area contributed by atoms with Gasteiger partial charge in [-0.1, -0.05) is 0 Å². The Balaban J connectivity index is 1.87. The van der Waals surface area contributed by atoms with Gasteiger partial charge in [0.15, 0.2) is 0 Å². The maximum Gasteiger partial charge on any atom is 0.225 e. The molecule has 1 aliphatic heterocycles. The summed E-state index contributed by atoms with van der Waals surface area (Å²) in [6, 6.07) is 5.60. The zero-order valence-corrected chi connectivity index (χ0v) is 13.9. The fraction of sp³-hybridized carbons (Fsp3) is 0.529. The van der Waals surface area contributed by atoms with E-state index in [1.165, 1.54) is 0 Å². The van der Waals surface area contributed by atoms with Crippen molar-refractivity contribution in [1.29, 1.82) is 0 Å². The first-order valence-electron chi connectivity index (χ1n) is 7.85. The molecule has 0 spiro atoms. The quantitative estimate of drug-likeness (QED) is 0.820. The Labute approximate surface area is 136 Å². The van der Waals surface area contributed by atoms with Crippen molar-refractivity contribution in [2.75, 3.05) is 33.9 Å². The smallest absolute Gasteiger partial charge is 0.225 e. The number of rotatable bonds is 7. The number of hydrogen-bond acceptors (Lipinski definition) is 4. The van der Waals surface area contributed by atoms with Crippen molar-refractivity contribution in [3.8, 4) is 11.5 Å². The Bertz CT molecular complexity index is 574. The van der Waals surface area contributed by atoms with E-state index in [-0.39, 0.29) is 17.7 Å². The van der Waals surface area contributed by atoms with Gasteiger partial charge in [0.2, 0.25) is 11.8 Å². The summed E-state index contributed by atoms with van der Waals surface area (Å²) in [6.45, 7) is 3.60. The van der Waals surface area contributed by atoms with Crippen molar-refractivity contribution in [1.82, 2.24) is 10.2 Å². The number of ether oxygens (including phenoxy) is 2. The second-order valence-corrected chi connectivity index (χ2v) is 5.55. The Morgan fingerprint density at radius 3 is 2.74 bits per heavy atom. The predicted octanol–water partition coefficient (Wildman–Crippen LogP) is 1.23. The Kier molecular flexibility index (Phi) is 5.84. The monoisotopic (exact) mass is 320 g/mol. The van der Waals surface area contributed by atoms with Gasteiger partial charge in [0, 0.05) is 26.1 Å². The van der Waals surface area contributed by atoms with Crippen molar-refractivity contribution >= 4 is 11.8 Å². The molecular formula is C17H24N2O4. The van der Waals surface area contributed by atoms with E-state index in [0.717, 1.165) is 17.1 Å². The first-order chi connectivity index (χ1) is 11.1. The fourth-order valence-electron chi connectivity index (χ4n) is 2.80. The molecule has 0 aromatic heterocycles. The van der Waals surface area contributed by atoms with Gasteiger partial charge < -0.3 is 19.7 Å². The summed E-state index contributed by atoms with van der Waals surface area (Å²) in [4.78, 5) is 25.6. The van der Waals surface area contributed by atoms with Crippen LogP contribution in [0.4, 0.5) is 0 Å². The van der Waals surface area contributed by atoms with E-state index in [1.54, 1.807) is 19.1 Å². The van der Waals surface area contributed by atoms with Crippen LogP contribution in [0.3, 0.4) is 0 Å². The molecule has 1 atom stereocenters. The highest BCUT2D eigenvalue weighted by Crippen LogP contribution is 2.24. The number of carbonyl (C=O) groups excluding carboxylic acids is 2. The minimum atomic E-state index is -0.241. The molecule has 1 heterocycles. The standard InChI is InChI=1S/C17H24N2O4/c1-4-19-11-13(10-16(19)20)17(21)18-8-7-12-9-14(22-2)5-6-15(12)23-3/h5-6,9,13H,4,7-8,10-11H2,1-3H3,(H,18,21). The molecule has 23 heavy (non-hydrogen) atoms. The van der Waals surface area contributed by atoms with Crippen molar-refractivity contribution in [3.05, 3.63) is 23.8 Å².